The molecule has 0 aliphatic heterocycles. The van der Waals surface area contributed by atoms with E-state index in [1.807, 2.05) is 0 Å². The van der Waals surface area contributed by atoms with Gasteiger partial charge in [-0.2, -0.15) is 0 Å². The monoisotopic (exact) mass is 267 g/mol. The van der Waals surface area contributed by atoms with Crippen LogP contribution in [0.3, 0.4) is 0 Å². The summed E-state index contributed by atoms with van der Waals surface area (Å²) in [5.74, 6) is -0.435. The molecule has 6 nitrogen and oxygen atoms in total. The van der Waals surface area contributed by atoms with Crippen molar-refractivity contribution in [3.63, 3.8) is 0 Å². The smallest absolute Gasteiger partial charge is 0.347 e. The summed E-state index contributed by atoms with van der Waals surface area (Å²) in [5, 5.41) is 10.9. The largest absolute Gasteiger partial charge is 0.472 e. The molecule has 1 aromatic carbocycles. The number of hydrogen-bond acceptors (Lipinski definition) is 5. The van der Waals surface area contributed by atoms with Gasteiger partial charge in [0, 0.05) is 6.07 Å². The summed E-state index contributed by atoms with van der Waals surface area (Å²) >= 11 is 0. The number of rotatable bonds is 6. The second-order valence-corrected chi connectivity index (χ2v) is 4.00. The Morgan fingerprint density at radius 3 is 2.63 bits per heavy atom. The van der Waals surface area contributed by atoms with E-state index in [1.54, 1.807) is 26.8 Å². The van der Waals surface area contributed by atoms with Gasteiger partial charge in [-0.1, -0.05) is 13.0 Å². The van der Waals surface area contributed by atoms with Crippen molar-refractivity contribution in [1.82, 2.24) is 0 Å². The van der Waals surface area contributed by atoms with E-state index >= 15 is 0 Å². The van der Waals surface area contributed by atoms with Crippen molar-refractivity contribution in [3.05, 3.63) is 33.9 Å². The van der Waals surface area contributed by atoms with Gasteiger partial charge in [0.05, 0.1) is 11.5 Å². The molecule has 0 bridgehead atoms. The maximum atomic E-state index is 11.6. The highest BCUT2D eigenvalue weighted by Gasteiger charge is 2.24. The van der Waals surface area contributed by atoms with Gasteiger partial charge < -0.3 is 9.47 Å². The molecule has 0 saturated heterocycles. The lowest BCUT2D eigenvalue weighted by Gasteiger charge is -2.16. The van der Waals surface area contributed by atoms with Gasteiger partial charge >= 0.3 is 11.7 Å². The van der Waals surface area contributed by atoms with Gasteiger partial charge in [-0.25, -0.2) is 4.79 Å². The lowest BCUT2D eigenvalue weighted by Crippen LogP contribution is -2.28. The Hall–Kier alpha value is -2.11. The van der Waals surface area contributed by atoms with E-state index in [4.69, 9.17) is 9.47 Å². The highest BCUT2D eigenvalue weighted by Crippen LogP contribution is 2.29. The Morgan fingerprint density at radius 2 is 2.11 bits per heavy atom. The molecule has 104 valence electrons. The molecule has 0 amide bonds. The maximum Gasteiger partial charge on any atom is 0.347 e. The third-order valence-corrected chi connectivity index (χ3v) is 2.50. The number of carbonyl (C=O) groups excluding carboxylic acids is 1. The fraction of sp³-hybridized carbons (Fsp3) is 0.462. The third kappa shape index (κ3) is 3.94. The molecule has 19 heavy (non-hydrogen) atoms. The van der Waals surface area contributed by atoms with Crippen LogP contribution in [0.4, 0.5) is 5.69 Å². The average Bonchev–Trinajstić information content (AvgIpc) is 2.37. The Kier molecular flexibility index (Phi) is 5.29. The zero-order valence-electron chi connectivity index (χ0n) is 11.2. The molecule has 0 heterocycles. The van der Waals surface area contributed by atoms with Gasteiger partial charge in [0.1, 0.15) is 0 Å². The zero-order chi connectivity index (χ0) is 14.4. The molecular weight excluding hydrogens is 250 g/mol. The first-order chi connectivity index (χ1) is 8.99. The van der Waals surface area contributed by atoms with Crippen molar-refractivity contribution in [1.29, 1.82) is 0 Å². The minimum atomic E-state index is -0.832. The van der Waals surface area contributed by atoms with Crippen LogP contribution in [-0.4, -0.2) is 23.6 Å². The van der Waals surface area contributed by atoms with E-state index in [9.17, 15) is 14.9 Å². The molecule has 0 spiro atoms. The first-order valence-corrected chi connectivity index (χ1v) is 6.07. The van der Waals surface area contributed by atoms with Crippen molar-refractivity contribution in [2.75, 3.05) is 6.61 Å². The number of ether oxygens (including phenoxy) is 2. The summed E-state index contributed by atoms with van der Waals surface area (Å²) < 4.78 is 10.3. The first-order valence-electron chi connectivity index (χ1n) is 6.07. The summed E-state index contributed by atoms with van der Waals surface area (Å²) in [6.45, 7) is 5.44. The predicted octanol–water partition coefficient (Wildman–Crippen LogP) is 2.62. The van der Waals surface area contributed by atoms with Crippen LogP contribution < -0.4 is 4.74 Å². The van der Waals surface area contributed by atoms with E-state index in [0.717, 1.165) is 5.56 Å². The number of esters is 1. The Labute approximate surface area is 111 Å². The van der Waals surface area contributed by atoms with E-state index < -0.39 is 17.0 Å². The van der Waals surface area contributed by atoms with Crippen LogP contribution in [0.2, 0.25) is 0 Å². The third-order valence-electron chi connectivity index (χ3n) is 2.50. The quantitative estimate of drug-likeness (QED) is 0.449. The first kappa shape index (κ1) is 14.9. The summed E-state index contributed by atoms with van der Waals surface area (Å²) in [5.41, 5.74) is 0.603. The Balaban J connectivity index is 2.97. The minimum absolute atomic E-state index is 0.0792. The van der Waals surface area contributed by atoms with Crippen molar-refractivity contribution in [2.24, 2.45) is 0 Å². The molecule has 0 unspecified atom stereocenters. The zero-order valence-corrected chi connectivity index (χ0v) is 11.2. The fourth-order valence-corrected chi connectivity index (χ4v) is 1.56. The molecule has 1 atom stereocenters. The number of benzene rings is 1. The second kappa shape index (κ2) is 6.72. The number of nitro benzene ring substituents is 1. The van der Waals surface area contributed by atoms with Gasteiger partial charge in [0.25, 0.3) is 0 Å². The lowest BCUT2D eigenvalue weighted by molar-refractivity contribution is -0.386. The van der Waals surface area contributed by atoms with Crippen LogP contribution in [0.25, 0.3) is 0 Å². The summed E-state index contributed by atoms with van der Waals surface area (Å²) in [4.78, 5) is 22.0. The maximum absolute atomic E-state index is 11.6. The van der Waals surface area contributed by atoms with Crippen molar-refractivity contribution in [3.8, 4) is 5.75 Å². The van der Waals surface area contributed by atoms with E-state index in [0.29, 0.717) is 6.42 Å². The highest BCUT2D eigenvalue weighted by atomic mass is 16.6. The van der Waals surface area contributed by atoms with Crippen LogP contribution in [0.15, 0.2) is 18.2 Å². The van der Waals surface area contributed by atoms with E-state index in [1.165, 1.54) is 12.1 Å². The molecule has 0 N–H and O–H groups in total. The van der Waals surface area contributed by atoms with Gasteiger partial charge in [0.2, 0.25) is 0 Å². The number of hydrogen-bond donors (Lipinski definition) is 0. The normalized spacial score (nSPS) is 11.7. The van der Waals surface area contributed by atoms with Crippen LogP contribution >= 0.6 is 0 Å². The summed E-state index contributed by atoms with van der Waals surface area (Å²) in [7, 11) is 0. The van der Waals surface area contributed by atoms with Gasteiger partial charge in [-0.15, -0.1) is 0 Å². The van der Waals surface area contributed by atoms with E-state index in [-0.39, 0.29) is 18.0 Å². The van der Waals surface area contributed by atoms with Crippen molar-refractivity contribution in [2.45, 2.75) is 33.3 Å². The second-order valence-electron chi connectivity index (χ2n) is 4.00. The van der Waals surface area contributed by atoms with Gasteiger partial charge in [0.15, 0.2) is 11.9 Å². The number of nitro groups is 1. The Bertz CT molecular complexity index is 472. The average molecular weight is 267 g/mol. The van der Waals surface area contributed by atoms with Gasteiger partial charge in [-0.3, -0.25) is 10.1 Å². The van der Waals surface area contributed by atoms with Crippen molar-refractivity contribution < 1.29 is 19.2 Å². The SMILES string of the molecule is CCOC(=O)[C@@H](CC)Oc1ccc(C)cc1[N+](=O)[O-]. The van der Waals surface area contributed by atoms with E-state index in [2.05, 4.69) is 0 Å². The standard InChI is InChI=1S/C13H17NO5/c1-4-11(13(15)18-5-2)19-12-7-6-9(3)8-10(12)14(16)17/h6-8,11H,4-5H2,1-3H3/t11-/m1/s1. The van der Waals surface area contributed by atoms with Crippen LogP contribution in [0.5, 0.6) is 5.75 Å². The molecule has 0 aliphatic rings. The highest BCUT2D eigenvalue weighted by molar-refractivity contribution is 5.75. The number of carbonyl (C=O) groups is 1. The van der Waals surface area contributed by atoms with Crippen molar-refractivity contribution >= 4 is 11.7 Å². The number of nitrogens with zero attached hydrogens (tertiary/aromatic N) is 1. The van der Waals surface area contributed by atoms with Crippen LogP contribution in [0.1, 0.15) is 25.8 Å². The molecule has 0 aliphatic carbocycles. The minimum Gasteiger partial charge on any atom is -0.472 e. The molecule has 1 rings (SSSR count). The number of aryl methyl sites for hydroxylation is 1. The predicted molar refractivity (Wildman–Crippen MR) is 69.2 cm³/mol. The lowest BCUT2D eigenvalue weighted by atomic mass is 10.2. The van der Waals surface area contributed by atoms with Gasteiger partial charge in [-0.05, 0) is 31.9 Å². The molecule has 0 radical (unpaired) electrons. The molecule has 6 heteroatoms. The Morgan fingerprint density at radius 1 is 1.42 bits per heavy atom. The molecule has 0 saturated carbocycles. The topological polar surface area (TPSA) is 78.7 Å². The van der Waals surface area contributed by atoms with Crippen LogP contribution in [0, 0.1) is 17.0 Å². The summed E-state index contributed by atoms with van der Waals surface area (Å²) in [6.07, 6.45) is -0.453. The van der Waals surface area contributed by atoms with Crippen LogP contribution in [-0.2, 0) is 9.53 Å². The molecule has 1 aromatic rings. The molecule has 0 fully saturated rings. The fourth-order valence-electron chi connectivity index (χ4n) is 1.56. The molecule has 0 aromatic heterocycles. The molecular formula is C13H17NO5. The summed E-state index contributed by atoms with van der Waals surface area (Å²) in [6, 6.07) is 4.60.